The van der Waals surface area contributed by atoms with Crippen molar-refractivity contribution >= 4 is 11.6 Å². The number of hydrogen-bond donors (Lipinski definition) is 3. The molecule has 106 valence electrons. The van der Waals surface area contributed by atoms with E-state index in [2.05, 4.69) is 15.6 Å². The van der Waals surface area contributed by atoms with E-state index in [0.29, 0.717) is 23.3 Å². The Balaban J connectivity index is 1.79. The Kier molecular flexibility index (Phi) is 3.11. The third-order valence-electron chi connectivity index (χ3n) is 3.01. The van der Waals surface area contributed by atoms with E-state index in [0.717, 1.165) is 5.69 Å². The first-order valence-corrected chi connectivity index (χ1v) is 6.16. The van der Waals surface area contributed by atoms with Crippen LogP contribution in [0.1, 0.15) is 0 Å². The van der Waals surface area contributed by atoms with E-state index in [1.54, 1.807) is 20.3 Å². The van der Waals surface area contributed by atoms with Crippen molar-refractivity contribution in [3.63, 3.8) is 0 Å². The van der Waals surface area contributed by atoms with Gasteiger partial charge in [0, 0.05) is 11.8 Å². The van der Waals surface area contributed by atoms with Crippen LogP contribution < -0.4 is 25.8 Å². The van der Waals surface area contributed by atoms with Gasteiger partial charge in [0.2, 0.25) is 5.96 Å². The fraction of sp³-hybridized carbons (Fsp3) is 0.308. The van der Waals surface area contributed by atoms with E-state index in [1.165, 1.54) is 0 Å². The van der Waals surface area contributed by atoms with Crippen LogP contribution in [0.15, 0.2) is 35.1 Å². The van der Waals surface area contributed by atoms with Gasteiger partial charge in [-0.3, -0.25) is 0 Å². The van der Waals surface area contributed by atoms with Crippen molar-refractivity contribution in [1.29, 1.82) is 0 Å². The van der Waals surface area contributed by atoms with E-state index >= 15 is 0 Å². The molecule has 3 rings (SSSR count). The quantitative estimate of drug-likeness (QED) is 0.700. The predicted molar refractivity (Wildman–Crippen MR) is 74.7 cm³/mol. The van der Waals surface area contributed by atoms with Gasteiger partial charge in [-0.25, -0.2) is 4.99 Å². The highest BCUT2D eigenvalue weighted by Gasteiger charge is 2.39. The average molecular weight is 276 g/mol. The first-order chi connectivity index (χ1) is 9.69. The lowest BCUT2D eigenvalue weighted by atomic mass is 10.3. The summed E-state index contributed by atoms with van der Waals surface area (Å²) in [5, 5.41) is 6.12. The molecule has 0 saturated carbocycles. The molecule has 2 unspecified atom stereocenters. The van der Waals surface area contributed by atoms with Gasteiger partial charge in [-0.05, 0) is 18.2 Å². The number of methoxy groups -OCH3 is 2. The molecule has 0 amide bonds. The number of nitrogens with one attached hydrogen (secondary N) is 2. The monoisotopic (exact) mass is 276 g/mol. The second-order valence-electron chi connectivity index (χ2n) is 4.41. The van der Waals surface area contributed by atoms with Crippen molar-refractivity contribution in [3.8, 4) is 11.5 Å². The summed E-state index contributed by atoms with van der Waals surface area (Å²) in [5.41, 5.74) is 6.61. The highest BCUT2D eigenvalue weighted by atomic mass is 16.6. The lowest BCUT2D eigenvalue weighted by molar-refractivity contribution is 0.355. The van der Waals surface area contributed by atoms with Crippen molar-refractivity contribution in [2.75, 3.05) is 19.5 Å². The minimum atomic E-state index is -0.161. The summed E-state index contributed by atoms with van der Waals surface area (Å²) in [6, 6.07) is 5.49. The van der Waals surface area contributed by atoms with Crippen molar-refractivity contribution in [2.45, 2.75) is 12.3 Å². The fourth-order valence-corrected chi connectivity index (χ4v) is 1.97. The first kappa shape index (κ1) is 12.6. The average Bonchev–Trinajstić information content (AvgIpc) is 3.16. The molecule has 0 aromatic heterocycles. The molecular formula is C13H16N4O3. The summed E-state index contributed by atoms with van der Waals surface area (Å²) in [5.74, 6) is 2.35. The molecule has 1 saturated heterocycles. The maximum absolute atomic E-state index is 5.80. The van der Waals surface area contributed by atoms with Crippen LogP contribution in [0.2, 0.25) is 0 Å². The summed E-state index contributed by atoms with van der Waals surface area (Å²) < 4.78 is 15.8. The van der Waals surface area contributed by atoms with Crippen LogP contribution in [-0.2, 0) is 4.74 Å². The van der Waals surface area contributed by atoms with E-state index in [-0.39, 0.29) is 12.3 Å². The highest BCUT2D eigenvalue weighted by molar-refractivity contribution is 5.95. The van der Waals surface area contributed by atoms with Gasteiger partial charge in [0.05, 0.1) is 14.2 Å². The third kappa shape index (κ3) is 2.48. The summed E-state index contributed by atoms with van der Waals surface area (Å²) in [6.45, 7) is 0. The molecule has 2 heterocycles. The number of epoxide rings is 1. The maximum Gasteiger partial charge on any atom is 0.204 e. The highest BCUT2D eigenvalue weighted by Crippen LogP contribution is 2.30. The molecule has 1 aromatic carbocycles. The zero-order valence-electron chi connectivity index (χ0n) is 11.2. The molecule has 0 radical (unpaired) electrons. The number of nitrogens with two attached hydrogens (primary N) is 1. The third-order valence-corrected chi connectivity index (χ3v) is 3.01. The van der Waals surface area contributed by atoms with Gasteiger partial charge in [0.1, 0.15) is 11.9 Å². The van der Waals surface area contributed by atoms with E-state index in [4.69, 9.17) is 19.9 Å². The lowest BCUT2D eigenvalue weighted by Gasteiger charge is -2.13. The largest absolute Gasteiger partial charge is 0.493 e. The SMILES string of the molecule is COc1ccc(NC2=NC3OC3C=C(N)N2)cc1OC. The lowest BCUT2D eigenvalue weighted by Crippen LogP contribution is -2.33. The number of ether oxygens (including phenoxy) is 3. The summed E-state index contributed by atoms with van der Waals surface area (Å²) in [4.78, 5) is 4.36. The molecule has 7 nitrogen and oxygen atoms in total. The van der Waals surface area contributed by atoms with Crippen molar-refractivity contribution in [2.24, 2.45) is 10.7 Å². The number of hydrogen-bond acceptors (Lipinski definition) is 7. The first-order valence-electron chi connectivity index (χ1n) is 6.16. The molecule has 2 aliphatic rings. The molecule has 2 atom stereocenters. The molecule has 4 N–H and O–H groups in total. The Morgan fingerprint density at radius 1 is 1.30 bits per heavy atom. The molecule has 1 aromatic rings. The molecule has 20 heavy (non-hydrogen) atoms. The molecular weight excluding hydrogens is 260 g/mol. The van der Waals surface area contributed by atoms with E-state index < -0.39 is 0 Å². The molecule has 1 fully saturated rings. The molecule has 0 aliphatic carbocycles. The number of guanidine groups is 1. The second-order valence-corrected chi connectivity index (χ2v) is 4.41. The second kappa shape index (κ2) is 4.93. The number of nitrogens with zero attached hydrogens (tertiary/aromatic N) is 1. The maximum atomic E-state index is 5.80. The van der Waals surface area contributed by atoms with Crippen molar-refractivity contribution in [3.05, 3.63) is 30.1 Å². The summed E-state index contributed by atoms with van der Waals surface area (Å²) in [6.07, 6.45) is 1.62. The van der Waals surface area contributed by atoms with Crippen LogP contribution in [0.5, 0.6) is 11.5 Å². The Bertz CT molecular complexity index is 585. The number of aliphatic imine (C=N–C) groups is 1. The van der Waals surface area contributed by atoms with Gasteiger partial charge in [0.25, 0.3) is 0 Å². The van der Waals surface area contributed by atoms with Crippen LogP contribution in [-0.4, -0.2) is 32.5 Å². The zero-order chi connectivity index (χ0) is 14.1. The number of fused-ring (bicyclic) bond motifs is 1. The van der Waals surface area contributed by atoms with Crippen LogP contribution in [0.4, 0.5) is 5.69 Å². The van der Waals surface area contributed by atoms with E-state index in [9.17, 15) is 0 Å². The molecule has 2 aliphatic heterocycles. The van der Waals surface area contributed by atoms with Crippen LogP contribution >= 0.6 is 0 Å². The standard InChI is InChI=1S/C13H16N4O3/c1-18-8-4-3-7(5-9(8)19-2)15-13-16-11(14)6-10-12(17-13)20-10/h3-6,10,12H,14H2,1-2H3,(H2,15,16,17). The number of rotatable bonds is 3. The Morgan fingerprint density at radius 3 is 2.85 bits per heavy atom. The van der Waals surface area contributed by atoms with Gasteiger partial charge in [-0.2, -0.15) is 0 Å². The van der Waals surface area contributed by atoms with Gasteiger partial charge in [-0.15, -0.1) is 0 Å². The van der Waals surface area contributed by atoms with Gasteiger partial charge in [-0.1, -0.05) is 0 Å². The summed E-state index contributed by atoms with van der Waals surface area (Å²) in [7, 11) is 3.18. The Morgan fingerprint density at radius 2 is 2.10 bits per heavy atom. The van der Waals surface area contributed by atoms with Crippen molar-refractivity contribution in [1.82, 2.24) is 5.32 Å². The van der Waals surface area contributed by atoms with Gasteiger partial charge >= 0.3 is 0 Å². The van der Waals surface area contributed by atoms with E-state index in [1.807, 2.05) is 18.2 Å². The van der Waals surface area contributed by atoms with Crippen molar-refractivity contribution < 1.29 is 14.2 Å². The molecule has 7 heteroatoms. The fourth-order valence-electron chi connectivity index (χ4n) is 1.97. The smallest absolute Gasteiger partial charge is 0.204 e. The summed E-state index contributed by atoms with van der Waals surface area (Å²) >= 11 is 0. The normalized spacial score (nSPS) is 23.5. The van der Waals surface area contributed by atoms with Gasteiger partial charge in [0.15, 0.2) is 17.7 Å². The minimum Gasteiger partial charge on any atom is -0.493 e. The van der Waals surface area contributed by atoms with Crippen LogP contribution in [0.25, 0.3) is 0 Å². The zero-order valence-corrected chi connectivity index (χ0v) is 11.2. The van der Waals surface area contributed by atoms with Crippen LogP contribution in [0.3, 0.4) is 0 Å². The Labute approximate surface area is 116 Å². The Hall–Kier alpha value is -2.41. The predicted octanol–water partition coefficient (Wildman–Crippen LogP) is 0.600. The van der Waals surface area contributed by atoms with Crippen LogP contribution in [0, 0.1) is 0 Å². The minimum absolute atomic E-state index is 0.0211. The molecule has 0 spiro atoms. The topological polar surface area (TPSA) is 93.4 Å². The molecule has 0 bridgehead atoms. The number of benzene rings is 1. The van der Waals surface area contributed by atoms with Gasteiger partial charge < -0.3 is 30.6 Å². The number of anilines is 1.